The summed E-state index contributed by atoms with van der Waals surface area (Å²) in [6.45, 7) is 0. The summed E-state index contributed by atoms with van der Waals surface area (Å²) in [6, 6.07) is 20.5. The van der Waals surface area contributed by atoms with Crippen LogP contribution in [0.25, 0.3) is 0 Å². The molecule has 0 amide bonds. The Morgan fingerprint density at radius 1 is 0.765 bits per heavy atom. The first-order chi connectivity index (χ1) is 8.16. The Morgan fingerprint density at radius 2 is 1.12 bits per heavy atom. The first-order valence-electron chi connectivity index (χ1n) is 5.51. The largest absolute Gasteiger partial charge is 0.0849 e. The van der Waals surface area contributed by atoms with E-state index in [1.54, 1.807) is 0 Å². The Kier molecular flexibility index (Phi) is 4.39. The van der Waals surface area contributed by atoms with E-state index in [-0.39, 0.29) is 0 Å². The van der Waals surface area contributed by atoms with E-state index in [4.69, 9.17) is 23.0 Å². The van der Waals surface area contributed by atoms with E-state index >= 15 is 0 Å². The van der Waals surface area contributed by atoms with Crippen LogP contribution in [0, 0.1) is 0 Å². The summed E-state index contributed by atoms with van der Waals surface area (Å²) in [5.41, 5.74) is 2.48. The second-order valence-corrected chi connectivity index (χ2v) is 10.9. The maximum atomic E-state index is 6.53. The van der Waals surface area contributed by atoms with E-state index in [1.165, 1.54) is 11.1 Å². The Balaban J connectivity index is 2.07. The van der Waals surface area contributed by atoms with Crippen LogP contribution < -0.4 is 0 Å². The highest BCUT2D eigenvalue weighted by molar-refractivity contribution is 8.26. The number of benzene rings is 2. The van der Waals surface area contributed by atoms with Gasteiger partial charge in [-0.05, 0) is 11.1 Å². The zero-order chi connectivity index (χ0) is 12.1. The third kappa shape index (κ3) is 4.27. The predicted molar refractivity (Wildman–Crippen MR) is 80.4 cm³/mol. The number of hydrogen-bond acceptors (Lipinski definition) is 1. The first kappa shape index (κ1) is 12.8. The molecule has 0 aliphatic carbocycles. The van der Waals surface area contributed by atoms with Gasteiger partial charge in [0, 0.05) is 17.7 Å². The van der Waals surface area contributed by atoms with Crippen LogP contribution in [-0.4, -0.2) is 0 Å². The van der Waals surface area contributed by atoms with E-state index in [0.717, 1.165) is 12.3 Å². The van der Waals surface area contributed by atoms with Crippen molar-refractivity contribution in [1.82, 2.24) is 0 Å². The molecule has 3 heteroatoms. The molecule has 0 saturated heterocycles. The van der Waals surface area contributed by atoms with Crippen LogP contribution in [0.2, 0.25) is 0 Å². The van der Waals surface area contributed by atoms with Gasteiger partial charge in [0.15, 0.2) is 0 Å². The molecule has 2 rings (SSSR count). The van der Waals surface area contributed by atoms with Crippen LogP contribution in [0.15, 0.2) is 60.7 Å². The number of rotatable bonds is 4. The van der Waals surface area contributed by atoms with Crippen LogP contribution in [-0.2, 0) is 24.1 Å². The van der Waals surface area contributed by atoms with Gasteiger partial charge in [-0.15, -0.1) is 0 Å². The molecule has 0 atom stereocenters. The summed E-state index contributed by atoms with van der Waals surface area (Å²) in [5.74, 6) is 0. The van der Waals surface area contributed by atoms with Gasteiger partial charge in [-0.1, -0.05) is 83.7 Å². The fourth-order valence-corrected chi connectivity index (χ4v) is 5.11. The van der Waals surface area contributed by atoms with Crippen molar-refractivity contribution >= 4 is 28.4 Å². The average molecular weight is 281 g/mol. The molecule has 2 aromatic rings. The fourth-order valence-electron chi connectivity index (χ4n) is 1.77. The molecule has 0 aromatic heterocycles. The van der Waals surface area contributed by atoms with Gasteiger partial charge in [-0.25, -0.2) is 0 Å². The number of halogens is 1. The predicted octanol–water partition coefficient (Wildman–Crippen LogP) is 5.02. The fraction of sp³-hybridized carbons (Fsp3) is 0.143. The van der Waals surface area contributed by atoms with Crippen LogP contribution in [0.4, 0.5) is 0 Å². The molecule has 0 bridgehead atoms. The second kappa shape index (κ2) is 5.82. The quantitative estimate of drug-likeness (QED) is 0.709. The summed E-state index contributed by atoms with van der Waals surface area (Å²) in [7, 11) is 0. The van der Waals surface area contributed by atoms with Crippen LogP contribution >= 0.6 is 16.6 Å². The summed E-state index contributed by atoms with van der Waals surface area (Å²) in [5, 5.41) is -1.83. The summed E-state index contributed by atoms with van der Waals surface area (Å²) in [4.78, 5) is 0. The zero-order valence-corrected chi connectivity index (χ0v) is 11.9. The SMILES string of the molecule is S=P(Cl)(Cc1ccccc1)Cc1ccccc1. The van der Waals surface area contributed by atoms with Crippen LogP contribution in [0.3, 0.4) is 0 Å². The van der Waals surface area contributed by atoms with Crippen molar-refractivity contribution in [3.8, 4) is 0 Å². The molecule has 0 N–H and O–H groups in total. The highest BCUT2D eigenvalue weighted by Gasteiger charge is 2.14. The third-order valence-electron chi connectivity index (χ3n) is 2.52. The summed E-state index contributed by atoms with van der Waals surface area (Å²) < 4.78 is 0. The van der Waals surface area contributed by atoms with Crippen molar-refractivity contribution < 1.29 is 0 Å². The average Bonchev–Trinajstić information content (AvgIpc) is 2.30. The molecule has 0 spiro atoms. The molecule has 0 heterocycles. The molecular formula is C14H14ClPS. The molecule has 2 aromatic carbocycles. The lowest BCUT2D eigenvalue weighted by atomic mass is 10.2. The molecule has 0 fully saturated rings. The maximum Gasteiger partial charge on any atom is 0.0471 e. The molecule has 0 nitrogen and oxygen atoms in total. The standard InChI is InChI=1S/C14H14ClPS/c15-16(17,11-13-7-3-1-4-8-13)12-14-9-5-2-6-10-14/h1-10H,11-12H2. The lowest BCUT2D eigenvalue weighted by Crippen LogP contribution is -1.88. The summed E-state index contributed by atoms with van der Waals surface area (Å²) in [6.07, 6.45) is 1.64. The van der Waals surface area contributed by atoms with Crippen molar-refractivity contribution in [2.45, 2.75) is 12.3 Å². The molecular weight excluding hydrogens is 267 g/mol. The normalized spacial score (nSPS) is 11.4. The molecule has 17 heavy (non-hydrogen) atoms. The van der Waals surface area contributed by atoms with Crippen LogP contribution in [0.5, 0.6) is 0 Å². The van der Waals surface area contributed by atoms with Crippen molar-refractivity contribution in [3.63, 3.8) is 0 Å². The van der Waals surface area contributed by atoms with Crippen molar-refractivity contribution in [2.24, 2.45) is 0 Å². The minimum Gasteiger partial charge on any atom is -0.0849 e. The minimum absolute atomic E-state index is 0.819. The monoisotopic (exact) mass is 280 g/mol. The van der Waals surface area contributed by atoms with Gasteiger partial charge in [-0.3, -0.25) is 0 Å². The van der Waals surface area contributed by atoms with Gasteiger partial charge in [-0.2, -0.15) is 0 Å². The molecule has 88 valence electrons. The van der Waals surface area contributed by atoms with Crippen molar-refractivity contribution in [2.75, 3.05) is 0 Å². The molecule has 0 unspecified atom stereocenters. The Labute approximate surface area is 112 Å². The van der Waals surface area contributed by atoms with E-state index in [1.807, 2.05) is 36.4 Å². The van der Waals surface area contributed by atoms with E-state index in [0.29, 0.717) is 0 Å². The smallest absolute Gasteiger partial charge is 0.0471 e. The van der Waals surface area contributed by atoms with Gasteiger partial charge in [0.1, 0.15) is 0 Å². The van der Waals surface area contributed by atoms with E-state index in [2.05, 4.69) is 24.3 Å². The summed E-state index contributed by atoms with van der Waals surface area (Å²) >= 11 is 12.1. The van der Waals surface area contributed by atoms with Crippen molar-refractivity contribution in [1.29, 1.82) is 0 Å². The Bertz CT molecular complexity index is 465. The molecule has 0 aliphatic heterocycles. The lowest BCUT2D eigenvalue weighted by Gasteiger charge is -2.14. The maximum absolute atomic E-state index is 6.53. The highest BCUT2D eigenvalue weighted by Crippen LogP contribution is 2.57. The Morgan fingerprint density at radius 3 is 1.47 bits per heavy atom. The van der Waals surface area contributed by atoms with Gasteiger partial charge >= 0.3 is 0 Å². The topological polar surface area (TPSA) is 0 Å². The second-order valence-electron chi connectivity index (χ2n) is 4.08. The lowest BCUT2D eigenvalue weighted by molar-refractivity contribution is 1.34. The zero-order valence-electron chi connectivity index (χ0n) is 9.42. The highest BCUT2D eigenvalue weighted by atomic mass is 35.7. The Hall–Kier alpha value is -0.620. The number of hydrogen-bond donors (Lipinski definition) is 0. The van der Waals surface area contributed by atoms with Crippen molar-refractivity contribution in [3.05, 3.63) is 71.8 Å². The molecule has 0 aliphatic rings. The molecule has 0 radical (unpaired) electrons. The van der Waals surface area contributed by atoms with Gasteiger partial charge in [0.05, 0.1) is 0 Å². The third-order valence-corrected chi connectivity index (χ3v) is 5.69. The van der Waals surface area contributed by atoms with Gasteiger partial charge < -0.3 is 0 Å². The van der Waals surface area contributed by atoms with Crippen LogP contribution in [0.1, 0.15) is 11.1 Å². The minimum atomic E-state index is -1.83. The van der Waals surface area contributed by atoms with Gasteiger partial charge in [0.2, 0.25) is 0 Å². The van der Waals surface area contributed by atoms with E-state index in [9.17, 15) is 0 Å². The molecule has 0 saturated carbocycles. The van der Waals surface area contributed by atoms with Gasteiger partial charge in [0.25, 0.3) is 0 Å². The van der Waals surface area contributed by atoms with E-state index < -0.39 is 5.39 Å². The first-order valence-corrected chi connectivity index (χ1v) is 9.59.